The van der Waals surface area contributed by atoms with Gasteiger partial charge < -0.3 is 24.8 Å². The number of hydrogen-bond donors (Lipinski definition) is 3. The first-order chi connectivity index (χ1) is 19.1. The van der Waals surface area contributed by atoms with E-state index >= 15 is 0 Å². The molecule has 0 saturated heterocycles. The number of halogens is 1. The number of ether oxygens (including phenoxy) is 3. The predicted molar refractivity (Wildman–Crippen MR) is 145 cm³/mol. The molecule has 0 atom stereocenters. The monoisotopic (exact) mass is 590 g/mol. The molecule has 0 aliphatic heterocycles. The number of methoxy groups -OCH3 is 2. The number of pyridine rings is 1. The van der Waals surface area contributed by atoms with Gasteiger partial charge in [-0.1, -0.05) is 23.7 Å². The Kier molecular flexibility index (Phi) is 10.8. The highest BCUT2D eigenvalue weighted by Crippen LogP contribution is 2.22. The summed E-state index contributed by atoms with van der Waals surface area (Å²) in [7, 11) is -1.26. The van der Waals surface area contributed by atoms with Gasteiger partial charge >= 0.3 is 6.09 Å². The Labute approximate surface area is 236 Å². The van der Waals surface area contributed by atoms with Crippen LogP contribution in [0.2, 0.25) is 5.02 Å². The fraction of sp³-hybridized carbons (Fsp3) is 0.231. The molecule has 1 heterocycles. The number of benzene rings is 2. The van der Waals surface area contributed by atoms with Gasteiger partial charge in [-0.3, -0.25) is 9.59 Å². The summed E-state index contributed by atoms with van der Waals surface area (Å²) in [6, 6.07) is 13.2. The molecular formula is C26H27ClN4O8S. The van der Waals surface area contributed by atoms with Crippen molar-refractivity contribution in [3.63, 3.8) is 0 Å². The van der Waals surface area contributed by atoms with Crippen LogP contribution in [0.3, 0.4) is 0 Å². The van der Waals surface area contributed by atoms with Gasteiger partial charge in [-0.25, -0.2) is 22.9 Å². The predicted octanol–water partition coefficient (Wildman–Crippen LogP) is 2.57. The van der Waals surface area contributed by atoms with Crippen LogP contribution >= 0.6 is 11.6 Å². The second kappa shape index (κ2) is 14.3. The molecule has 2 aromatic carbocycles. The van der Waals surface area contributed by atoms with E-state index in [1.807, 2.05) is 4.72 Å². The summed E-state index contributed by atoms with van der Waals surface area (Å²) in [4.78, 5) is 40.4. The number of aromatic nitrogens is 1. The molecule has 1 aromatic heterocycles. The molecule has 0 fully saturated rings. The van der Waals surface area contributed by atoms with E-state index < -0.39 is 27.9 Å². The molecule has 12 nitrogen and oxygen atoms in total. The fourth-order valence-electron chi connectivity index (χ4n) is 3.29. The van der Waals surface area contributed by atoms with Crippen LogP contribution in [-0.2, 0) is 21.2 Å². The summed E-state index contributed by atoms with van der Waals surface area (Å²) in [6.45, 7) is 0.740. The van der Waals surface area contributed by atoms with Gasteiger partial charge in [0.1, 0.15) is 5.75 Å². The van der Waals surface area contributed by atoms with Crippen LogP contribution in [0.5, 0.6) is 11.6 Å². The van der Waals surface area contributed by atoms with Gasteiger partial charge in [0, 0.05) is 32.5 Å². The average molecular weight is 591 g/mol. The quantitative estimate of drug-likeness (QED) is 0.269. The van der Waals surface area contributed by atoms with Crippen molar-refractivity contribution in [1.82, 2.24) is 20.3 Å². The maximum Gasteiger partial charge on any atom is 0.414 e. The molecule has 14 heteroatoms. The number of nitrogens with zero attached hydrogens (tertiary/aromatic N) is 1. The lowest BCUT2D eigenvalue weighted by molar-refractivity contribution is 0.0951. The van der Waals surface area contributed by atoms with Gasteiger partial charge in [0.05, 0.1) is 34.8 Å². The van der Waals surface area contributed by atoms with Crippen molar-refractivity contribution in [2.75, 3.05) is 33.9 Å². The summed E-state index contributed by atoms with van der Waals surface area (Å²) < 4.78 is 42.5. The van der Waals surface area contributed by atoms with E-state index in [9.17, 15) is 22.8 Å². The first-order valence-corrected chi connectivity index (χ1v) is 13.7. The highest BCUT2D eigenvalue weighted by atomic mass is 35.5. The molecule has 0 bridgehead atoms. The number of amides is 3. The zero-order chi connectivity index (χ0) is 29.1. The Morgan fingerprint density at radius 2 is 1.75 bits per heavy atom. The third-order valence-electron chi connectivity index (χ3n) is 5.32. The van der Waals surface area contributed by atoms with Crippen LogP contribution in [0, 0.1) is 0 Å². The molecule has 0 unspecified atom stereocenters. The van der Waals surface area contributed by atoms with Crippen LogP contribution in [0.15, 0.2) is 65.7 Å². The standard InChI is InChI=1S/C26H27ClN4O8S/c1-37-13-12-29-26(34)39-23-9-6-18(16-30-23)24(32)31-40(35,36)20-5-3-4-17(14-20)10-11-28-25(33)21-15-19(38-2)7-8-22(21)27/h3-9,14-16H,10-13H2,1-2H3,(H,28,33)(H,29,34)(H,31,32). The number of sulfonamides is 1. The van der Waals surface area contributed by atoms with Gasteiger partial charge in [0.15, 0.2) is 0 Å². The highest BCUT2D eigenvalue weighted by molar-refractivity contribution is 7.90. The first kappa shape index (κ1) is 30.3. The van der Waals surface area contributed by atoms with Gasteiger partial charge in [-0.2, -0.15) is 0 Å². The maximum absolute atomic E-state index is 12.8. The van der Waals surface area contributed by atoms with Gasteiger partial charge in [0.2, 0.25) is 5.88 Å². The second-order valence-electron chi connectivity index (χ2n) is 8.13. The van der Waals surface area contributed by atoms with Crippen molar-refractivity contribution in [1.29, 1.82) is 0 Å². The van der Waals surface area contributed by atoms with Crippen LogP contribution in [0.25, 0.3) is 0 Å². The van der Waals surface area contributed by atoms with Crippen molar-refractivity contribution < 1.29 is 37.0 Å². The summed E-state index contributed by atoms with van der Waals surface area (Å²) >= 11 is 6.10. The van der Waals surface area contributed by atoms with Crippen molar-refractivity contribution in [3.8, 4) is 11.6 Å². The van der Waals surface area contributed by atoms with Crippen LogP contribution in [0.4, 0.5) is 4.79 Å². The summed E-state index contributed by atoms with van der Waals surface area (Å²) in [5, 5.41) is 5.44. The summed E-state index contributed by atoms with van der Waals surface area (Å²) in [5.74, 6) is -0.924. The third kappa shape index (κ3) is 8.66. The molecule has 0 radical (unpaired) electrons. The number of rotatable bonds is 12. The zero-order valence-electron chi connectivity index (χ0n) is 21.6. The summed E-state index contributed by atoms with van der Waals surface area (Å²) in [5.41, 5.74) is 0.796. The molecule has 40 heavy (non-hydrogen) atoms. The van der Waals surface area contributed by atoms with Crippen molar-refractivity contribution in [3.05, 3.63) is 82.5 Å². The van der Waals surface area contributed by atoms with Gasteiger partial charge in [-0.15, -0.1) is 0 Å². The molecule has 212 valence electrons. The topological polar surface area (TPSA) is 162 Å². The minimum Gasteiger partial charge on any atom is -0.497 e. The average Bonchev–Trinajstić information content (AvgIpc) is 2.93. The van der Waals surface area contributed by atoms with Gasteiger partial charge in [-0.05, 0) is 48.4 Å². The Balaban J connectivity index is 1.57. The Morgan fingerprint density at radius 3 is 2.45 bits per heavy atom. The highest BCUT2D eigenvalue weighted by Gasteiger charge is 2.20. The van der Waals surface area contributed by atoms with Crippen LogP contribution in [-0.4, -0.2) is 65.2 Å². The lowest BCUT2D eigenvalue weighted by atomic mass is 10.1. The SMILES string of the molecule is COCCNC(=O)Oc1ccc(C(=O)NS(=O)(=O)c2cccc(CCNC(=O)c3cc(OC)ccc3Cl)c2)cn1. The van der Waals surface area contributed by atoms with Crippen LogP contribution in [0.1, 0.15) is 26.3 Å². The smallest absolute Gasteiger partial charge is 0.414 e. The second-order valence-corrected chi connectivity index (χ2v) is 10.2. The fourth-order valence-corrected chi connectivity index (χ4v) is 4.54. The molecule has 0 aliphatic carbocycles. The van der Waals surface area contributed by atoms with Crippen molar-refractivity contribution >= 4 is 39.5 Å². The van der Waals surface area contributed by atoms with Crippen molar-refractivity contribution in [2.45, 2.75) is 11.3 Å². The number of carbonyl (C=O) groups is 3. The molecule has 3 N–H and O–H groups in total. The van der Waals surface area contributed by atoms with E-state index in [0.717, 1.165) is 6.20 Å². The normalized spacial score (nSPS) is 10.9. The third-order valence-corrected chi connectivity index (χ3v) is 6.98. The Morgan fingerprint density at radius 1 is 0.950 bits per heavy atom. The van der Waals surface area contributed by atoms with E-state index in [2.05, 4.69) is 15.6 Å². The molecular weight excluding hydrogens is 564 g/mol. The molecule has 3 amide bonds. The number of carbonyl (C=O) groups excluding carboxylic acids is 3. The molecule has 3 rings (SSSR count). The number of nitrogens with one attached hydrogen (secondary N) is 3. The zero-order valence-corrected chi connectivity index (χ0v) is 23.2. The largest absolute Gasteiger partial charge is 0.497 e. The molecule has 0 aliphatic rings. The van der Waals surface area contributed by atoms with E-state index in [1.54, 1.807) is 18.2 Å². The molecule has 0 spiro atoms. The van der Waals surface area contributed by atoms with E-state index in [4.69, 9.17) is 25.8 Å². The van der Waals surface area contributed by atoms with Crippen LogP contribution < -0.4 is 24.8 Å². The maximum atomic E-state index is 12.8. The minimum atomic E-state index is -4.22. The Bertz CT molecular complexity index is 1470. The molecule has 3 aromatic rings. The lowest BCUT2D eigenvalue weighted by Gasteiger charge is -2.10. The van der Waals surface area contributed by atoms with E-state index in [-0.39, 0.29) is 40.0 Å². The van der Waals surface area contributed by atoms with Gasteiger partial charge in [0.25, 0.3) is 21.8 Å². The summed E-state index contributed by atoms with van der Waals surface area (Å²) in [6.07, 6.45) is 0.638. The van der Waals surface area contributed by atoms with E-state index in [1.165, 1.54) is 50.6 Å². The Hall–Kier alpha value is -4.20. The lowest BCUT2D eigenvalue weighted by Crippen LogP contribution is -2.31. The minimum absolute atomic E-state index is 0.0641. The number of hydrogen-bond acceptors (Lipinski definition) is 9. The van der Waals surface area contributed by atoms with Crippen molar-refractivity contribution in [2.24, 2.45) is 0 Å². The van der Waals surface area contributed by atoms with E-state index in [0.29, 0.717) is 24.3 Å². The molecule has 0 saturated carbocycles. The first-order valence-electron chi connectivity index (χ1n) is 11.8.